The summed E-state index contributed by atoms with van der Waals surface area (Å²) in [5.41, 5.74) is 0.356. The Balaban J connectivity index is 2.22. The van der Waals surface area contributed by atoms with E-state index >= 15 is 0 Å². The van der Waals surface area contributed by atoms with Crippen LogP contribution >= 0.6 is 23.4 Å². The first-order valence-electron chi connectivity index (χ1n) is 7.29. The molecule has 2 N–H and O–H groups in total. The molecule has 1 aromatic carbocycles. The second-order valence-corrected chi connectivity index (χ2v) is 6.78. The molecule has 0 saturated carbocycles. The third-order valence-corrected chi connectivity index (χ3v) is 4.93. The number of aliphatic carboxylic acids is 1. The van der Waals surface area contributed by atoms with Gasteiger partial charge in [-0.05, 0) is 43.7 Å². The number of carbonyl (C=O) groups is 1. The Hall–Kier alpha value is -0.710. The minimum absolute atomic E-state index is 0.656. The number of hydrogen-bond acceptors (Lipinski definition) is 3. The SMILES string of the molecule is CCNC(C)(CCCCSCc1ccccc1Cl)C(=O)O. The molecule has 0 bridgehead atoms. The average Bonchev–Trinajstić information content (AvgIpc) is 2.44. The van der Waals surface area contributed by atoms with E-state index in [0.717, 1.165) is 34.9 Å². The smallest absolute Gasteiger partial charge is 0.323 e. The Morgan fingerprint density at radius 2 is 2.10 bits per heavy atom. The van der Waals surface area contributed by atoms with Gasteiger partial charge in [-0.2, -0.15) is 11.8 Å². The van der Waals surface area contributed by atoms with Crippen molar-refractivity contribution < 1.29 is 9.90 Å². The number of likely N-dealkylation sites (N-methyl/N-ethyl adjacent to an activating group) is 1. The zero-order valence-electron chi connectivity index (χ0n) is 12.7. The van der Waals surface area contributed by atoms with E-state index in [1.54, 1.807) is 6.92 Å². The predicted molar refractivity (Wildman–Crippen MR) is 91.2 cm³/mol. The van der Waals surface area contributed by atoms with Crippen molar-refractivity contribution in [3.63, 3.8) is 0 Å². The molecule has 0 fully saturated rings. The van der Waals surface area contributed by atoms with E-state index in [1.807, 2.05) is 43.0 Å². The molecule has 3 nitrogen and oxygen atoms in total. The van der Waals surface area contributed by atoms with Crippen LogP contribution in [0.2, 0.25) is 5.02 Å². The van der Waals surface area contributed by atoms with E-state index < -0.39 is 11.5 Å². The van der Waals surface area contributed by atoms with E-state index in [4.69, 9.17) is 11.6 Å². The highest BCUT2D eigenvalue weighted by molar-refractivity contribution is 7.98. The lowest BCUT2D eigenvalue weighted by molar-refractivity contribution is -0.144. The topological polar surface area (TPSA) is 49.3 Å². The van der Waals surface area contributed by atoms with Crippen LogP contribution in [-0.2, 0) is 10.5 Å². The zero-order chi connectivity index (χ0) is 15.7. The number of carboxylic acids is 1. The van der Waals surface area contributed by atoms with Crippen LogP contribution in [0.1, 0.15) is 38.7 Å². The molecule has 21 heavy (non-hydrogen) atoms. The summed E-state index contributed by atoms with van der Waals surface area (Å²) in [5.74, 6) is 1.16. The first-order valence-corrected chi connectivity index (χ1v) is 8.82. The fraction of sp³-hybridized carbons (Fsp3) is 0.562. The van der Waals surface area contributed by atoms with Crippen LogP contribution < -0.4 is 5.32 Å². The molecule has 0 amide bonds. The lowest BCUT2D eigenvalue weighted by Gasteiger charge is -2.25. The van der Waals surface area contributed by atoms with Crippen LogP contribution in [-0.4, -0.2) is 28.9 Å². The standard InChI is InChI=1S/C16H24ClNO2S/c1-3-18-16(2,15(19)20)10-6-7-11-21-12-13-8-4-5-9-14(13)17/h4-5,8-9,18H,3,6-7,10-12H2,1-2H3,(H,19,20). The fourth-order valence-electron chi connectivity index (χ4n) is 2.14. The van der Waals surface area contributed by atoms with Gasteiger partial charge in [0, 0.05) is 10.8 Å². The van der Waals surface area contributed by atoms with Crippen LogP contribution in [0.15, 0.2) is 24.3 Å². The number of nitrogens with one attached hydrogen (secondary N) is 1. The highest BCUT2D eigenvalue weighted by Crippen LogP contribution is 2.22. The molecule has 1 aromatic rings. The molecule has 0 aromatic heterocycles. The quantitative estimate of drug-likeness (QED) is 0.632. The molecule has 118 valence electrons. The van der Waals surface area contributed by atoms with Crippen molar-refractivity contribution in [2.75, 3.05) is 12.3 Å². The monoisotopic (exact) mass is 329 g/mol. The maximum atomic E-state index is 11.3. The third-order valence-electron chi connectivity index (χ3n) is 3.47. The molecular formula is C16H24ClNO2S. The molecule has 5 heteroatoms. The van der Waals surface area contributed by atoms with Gasteiger partial charge in [-0.25, -0.2) is 0 Å². The summed E-state index contributed by atoms with van der Waals surface area (Å²) >= 11 is 7.95. The lowest BCUT2D eigenvalue weighted by Crippen LogP contribution is -2.49. The molecule has 0 aliphatic rings. The number of carboxylic acid groups (broad SMARTS) is 1. The minimum Gasteiger partial charge on any atom is -0.480 e. The van der Waals surface area contributed by atoms with Crippen LogP contribution in [0.4, 0.5) is 0 Å². The van der Waals surface area contributed by atoms with E-state index in [-0.39, 0.29) is 0 Å². The molecule has 1 atom stereocenters. The predicted octanol–water partition coefficient (Wildman–Crippen LogP) is 4.20. The Bertz CT molecular complexity index is 456. The number of benzene rings is 1. The number of halogens is 1. The van der Waals surface area contributed by atoms with Crippen LogP contribution in [0.5, 0.6) is 0 Å². The Kier molecular flexibility index (Phi) is 8.15. The summed E-state index contributed by atoms with van der Waals surface area (Å²) in [6.45, 7) is 4.36. The summed E-state index contributed by atoms with van der Waals surface area (Å²) in [5, 5.41) is 13.1. The van der Waals surface area contributed by atoms with Gasteiger partial charge in [0.05, 0.1) is 0 Å². The van der Waals surface area contributed by atoms with Gasteiger partial charge in [-0.15, -0.1) is 0 Å². The second kappa shape index (κ2) is 9.34. The van der Waals surface area contributed by atoms with Crippen molar-refractivity contribution in [1.82, 2.24) is 5.32 Å². The molecule has 1 rings (SSSR count). The number of rotatable bonds is 10. The second-order valence-electron chi connectivity index (χ2n) is 5.27. The van der Waals surface area contributed by atoms with Crippen molar-refractivity contribution in [3.05, 3.63) is 34.9 Å². The van der Waals surface area contributed by atoms with E-state index in [0.29, 0.717) is 13.0 Å². The van der Waals surface area contributed by atoms with Crippen LogP contribution in [0, 0.1) is 0 Å². The Morgan fingerprint density at radius 3 is 2.71 bits per heavy atom. The van der Waals surface area contributed by atoms with Crippen molar-refractivity contribution in [1.29, 1.82) is 0 Å². The number of thioether (sulfide) groups is 1. The van der Waals surface area contributed by atoms with Gasteiger partial charge in [0.1, 0.15) is 5.54 Å². The summed E-state index contributed by atoms with van der Waals surface area (Å²) in [4.78, 5) is 11.3. The summed E-state index contributed by atoms with van der Waals surface area (Å²) in [6, 6.07) is 7.88. The fourth-order valence-corrected chi connectivity index (χ4v) is 3.45. The molecule has 0 aliphatic carbocycles. The average molecular weight is 330 g/mol. The van der Waals surface area contributed by atoms with Gasteiger partial charge in [0.25, 0.3) is 0 Å². The first kappa shape index (κ1) is 18.3. The van der Waals surface area contributed by atoms with E-state index in [1.165, 1.54) is 0 Å². The normalized spacial score (nSPS) is 13.9. The molecule has 0 saturated heterocycles. The Morgan fingerprint density at radius 1 is 1.38 bits per heavy atom. The zero-order valence-corrected chi connectivity index (χ0v) is 14.3. The molecule has 0 aliphatic heterocycles. The number of unbranched alkanes of at least 4 members (excludes halogenated alkanes) is 1. The van der Waals surface area contributed by atoms with E-state index in [9.17, 15) is 9.90 Å². The molecular weight excluding hydrogens is 306 g/mol. The van der Waals surface area contributed by atoms with Crippen molar-refractivity contribution in [2.45, 2.75) is 44.4 Å². The maximum Gasteiger partial charge on any atom is 0.323 e. The van der Waals surface area contributed by atoms with Gasteiger partial charge in [-0.3, -0.25) is 4.79 Å². The van der Waals surface area contributed by atoms with Gasteiger partial charge >= 0.3 is 5.97 Å². The van der Waals surface area contributed by atoms with Crippen molar-refractivity contribution >= 4 is 29.3 Å². The van der Waals surface area contributed by atoms with Crippen molar-refractivity contribution in [3.8, 4) is 0 Å². The molecule has 0 heterocycles. The molecule has 0 spiro atoms. The lowest BCUT2D eigenvalue weighted by atomic mass is 9.95. The van der Waals surface area contributed by atoms with Gasteiger partial charge in [0.2, 0.25) is 0 Å². The highest BCUT2D eigenvalue weighted by atomic mass is 35.5. The van der Waals surface area contributed by atoms with Gasteiger partial charge in [-0.1, -0.05) is 43.1 Å². The van der Waals surface area contributed by atoms with Gasteiger partial charge in [0.15, 0.2) is 0 Å². The first-order chi connectivity index (χ1) is 9.99. The largest absolute Gasteiger partial charge is 0.480 e. The molecule has 1 unspecified atom stereocenters. The maximum absolute atomic E-state index is 11.3. The highest BCUT2D eigenvalue weighted by Gasteiger charge is 2.30. The molecule has 0 radical (unpaired) electrons. The Labute approximate surface area is 136 Å². The van der Waals surface area contributed by atoms with E-state index in [2.05, 4.69) is 5.32 Å². The van der Waals surface area contributed by atoms with Crippen LogP contribution in [0.3, 0.4) is 0 Å². The summed E-state index contributed by atoms with van der Waals surface area (Å²) in [6.07, 6.45) is 2.58. The van der Waals surface area contributed by atoms with Crippen molar-refractivity contribution in [2.24, 2.45) is 0 Å². The third kappa shape index (κ3) is 6.29. The summed E-state index contributed by atoms with van der Waals surface area (Å²) in [7, 11) is 0. The van der Waals surface area contributed by atoms with Gasteiger partial charge < -0.3 is 10.4 Å². The minimum atomic E-state index is -0.803. The summed E-state index contributed by atoms with van der Waals surface area (Å²) < 4.78 is 0. The number of hydrogen-bond donors (Lipinski definition) is 2. The van der Waals surface area contributed by atoms with Crippen LogP contribution in [0.25, 0.3) is 0 Å².